The van der Waals surface area contributed by atoms with E-state index in [1.54, 1.807) is 0 Å². The molecule has 0 unspecified atom stereocenters. The lowest BCUT2D eigenvalue weighted by molar-refractivity contribution is -0.144. The van der Waals surface area contributed by atoms with Gasteiger partial charge in [0.25, 0.3) is 0 Å². The zero-order chi connectivity index (χ0) is 13.9. The molecule has 1 aromatic heterocycles. The maximum absolute atomic E-state index is 12.7. The SMILES string of the molecule is Nc1cc(N2CCCCCCC2)nc(C(F)(F)F)n1. The predicted molar refractivity (Wildman–Crippen MR) is 66.7 cm³/mol. The van der Waals surface area contributed by atoms with Crippen molar-refractivity contribution in [2.75, 3.05) is 23.7 Å². The fourth-order valence-corrected chi connectivity index (χ4v) is 2.22. The summed E-state index contributed by atoms with van der Waals surface area (Å²) < 4.78 is 38.0. The summed E-state index contributed by atoms with van der Waals surface area (Å²) in [6.07, 6.45) is 0.753. The van der Waals surface area contributed by atoms with Gasteiger partial charge in [0.1, 0.15) is 11.6 Å². The topological polar surface area (TPSA) is 55.0 Å². The highest BCUT2D eigenvalue weighted by Gasteiger charge is 2.35. The van der Waals surface area contributed by atoms with Gasteiger partial charge in [0.15, 0.2) is 0 Å². The maximum Gasteiger partial charge on any atom is 0.451 e. The fourth-order valence-electron chi connectivity index (χ4n) is 2.22. The van der Waals surface area contributed by atoms with Crippen molar-refractivity contribution in [1.29, 1.82) is 0 Å². The molecule has 7 heteroatoms. The second-order valence-corrected chi connectivity index (χ2v) is 4.73. The molecule has 0 aliphatic carbocycles. The lowest BCUT2D eigenvalue weighted by Gasteiger charge is -2.26. The van der Waals surface area contributed by atoms with Gasteiger partial charge >= 0.3 is 6.18 Å². The molecule has 0 spiro atoms. The number of nitrogens with zero attached hydrogens (tertiary/aromatic N) is 3. The van der Waals surface area contributed by atoms with Crippen molar-refractivity contribution in [3.63, 3.8) is 0 Å². The Bertz CT molecular complexity index is 425. The largest absolute Gasteiger partial charge is 0.451 e. The second kappa shape index (κ2) is 5.63. The molecular weight excluding hydrogens is 257 g/mol. The van der Waals surface area contributed by atoms with E-state index in [0.717, 1.165) is 25.7 Å². The normalized spacial score (nSPS) is 17.9. The number of rotatable bonds is 1. The number of halogens is 3. The quantitative estimate of drug-likeness (QED) is 0.855. The monoisotopic (exact) mass is 274 g/mol. The van der Waals surface area contributed by atoms with Crippen LogP contribution in [0.25, 0.3) is 0 Å². The van der Waals surface area contributed by atoms with Gasteiger partial charge < -0.3 is 10.6 Å². The van der Waals surface area contributed by atoms with Crippen LogP contribution < -0.4 is 10.6 Å². The van der Waals surface area contributed by atoms with Crippen LogP contribution in [0.5, 0.6) is 0 Å². The molecule has 0 aromatic carbocycles. The fraction of sp³-hybridized carbons (Fsp3) is 0.667. The molecule has 106 valence electrons. The molecule has 0 atom stereocenters. The van der Waals surface area contributed by atoms with E-state index in [4.69, 9.17) is 5.73 Å². The number of nitrogens with two attached hydrogens (primary N) is 1. The van der Waals surface area contributed by atoms with Crippen LogP contribution in [0.4, 0.5) is 24.8 Å². The van der Waals surface area contributed by atoms with Crippen molar-refractivity contribution in [2.24, 2.45) is 0 Å². The van der Waals surface area contributed by atoms with Crippen LogP contribution in [0, 0.1) is 0 Å². The molecule has 1 aliphatic rings. The van der Waals surface area contributed by atoms with Gasteiger partial charge in [0.05, 0.1) is 0 Å². The van der Waals surface area contributed by atoms with Gasteiger partial charge in [-0.3, -0.25) is 0 Å². The standard InChI is InChI=1S/C12H17F3N4/c13-12(14,15)11-17-9(16)8-10(18-11)19-6-4-2-1-3-5-7-19/h8H,1-7H2,(H2,16,17,18). The third-order valence-electron chi connectivity index (χ3n) is 3.17. The van der Waals surface area contributed by atoms with Crippen LogP contribution in [0.1, 0.15) is 37.9 Å². The lowest BCUT2D eigenvalue weighted by Crippen LogP contribution is -2.29. The van der Waals surface area contributed by atoms with Crippen molar-refractivity contribution in [1.82, 2.24) is 9.97 Å². The molecule has 0 radical (unpaired) electrons. The van der Waals surface area contributed by atoms with E-state index in [9.17, 15) is 13.2 Å². The number of hydrogen-bond donors (Lipinski definition) is 1. The minimum absolute atomic E-state index is 0.139. The lowest BCUT2D eigenvalue weighted by atomic mass is 10.1. The molecule has 4 nitrogen and oxygen atoms in total. The summed E-state index contributed by atoms with van der Waals surface area (Å²) in [5.74, 6) is -1.02. The molecule has 2 N–H and O–H groups in total. The van der Waals surface area contributed by atoms with Crippen molar-refractivity contribution >= 4 is 11.6 Å². The van der Waals surface area contributed by atoms with Crippen LogP contribution in [-0.4, -0.2) is 23.1 Å². The summed E-state index contributed by atoms with van der Waals surface area (Å²) >= 11 is 0. The number of hydrogen-bond acceptors (Lipinski definition) is 4. The van der Waals surface area contributed by atoms with Crippen LogP contribution in [0.15, 0.2) is 6.07 Å². The van der Waals surface area contributed by atoms with E-state index < -0.39 is 12.0 Å². The van der Waals surface area contributed by atoms with Crippen molar-refractivity contribution < 1.29 is 13.2 Å². The van der Waals surface area contributed by atoms with Gasteiger partial charge in [-0.25, -0.2) is 9.97 Å². The van der Waals surface area contributed by atoms with Gasteiger partial charge in [-0.05, 0) is 12.8 Å². The predicted octanol–water partition coefficient (Wildman–Crippen LogP) is 2.85. The van der Waals surface area contributed by atoms with E-state index in [1.807, 2.05) is 4.90 Å². The number of anilines is 2. The zero-order valence-corrected chi connectivity index (χ0v) is 10.6. The van der Waals surface area contributed by atoms with Gasteiger partial charge in [-0.2, -0.15) is 13.2 Å². The first-order valence-electron chi connectivity index (χ1n) is 6.43. The first kappa shape index (κ1) is 13.9. The van der Waals surface area contributed by atoms with E-state index >= 15 is 0 Å². The van der Waals surface area contributed by atoms with Gasteiger partial charge in [0.2, 0.25) is 5.82 Å². The first-order valence-corrected chi connectivity index (χ1v) is 6.43. The average Bonchev–Trinajstić information content (AvgIpc) is 2.26. The summed E-state index contributed by atoms with van der Waals surface area (Å²) in [5.41, 5.74) is 5.45. The number of nitrogen functional groups attached to an aromatic ring is 1. The smallest absolute Gasteiger partial charge is 0.384 e. The molecular formula is C12H17F3N4. The highest BCUT2D eigenvalue weighted by atomic mass is 19.4. The van der Waals surface area contributed by atoms with Crippen LogP contribution in [0.2, 0.25) is 0 Å². The minimum atomic E-state index is -4.56. The minimum Gasteiger partial charge on any atom is -0.384 e. The average molecular weight is 274 g/mol. The van der Waals surface area contributed by atoms with Crippen molar-refractivity contribution in [3.05, 3.63) is 11.9 Å². The summed E-state index contributed by atoms with van der Waals surface area (Å²) in [6.45, 7) is 1.43. The molecule has 19 heavy (non-hydrogen) atoms. The molecule has 1 fully saturated rings. The Balaban J connectivity index is 2.24. The summed E-state index contributed by atoms with van der Waals surface area (Å²) in [6, 6.07) is 1.41. The molecule has 1 aliphatic heterocycles. The van der Waals surface area contributed by atoms with Crippen LogP contribution >= 0.6 is 0 Å². The Hall–Kier alpha value is -1.53. The highest BCUT2D eigenvalue weighted by molar-refractivity contribution is 5.47. The molecule has 0 bridgehead atoms. The van der Waals surface area contributed by atoms with Gasteiger partial charge in [0, 0.05) is 19.2 Å². The summed E-state index contributed by atoms with van der Waals surface area (Å²) in [7, 11) is 0. The van der Waals surface area contributed by atoms with Crippen LogP contribution in [-0.2, 0) is 6.18 Å². The Labute approximate surface area is 109 Å². The number of aromatic nitrogens is 2. The van der Waals surface area contributed by atoms with Gasteiger partial charge in [-0.15, -0.1) is 0 Å². The maximum atomic E-state index is 12.7. The van der Waals surface area contributed by atoms with E-state index in [2.05, 4.69) is 9.97 Å². The van der Waals surface area contributed by atoms with Crippen LogP contribution in [0.3, 0.4) is 0 Å². The summed E-state index contributed by atoms with van der Waals surface area (Å²) in [5, 5.41) is 0. The summed E-state index contributed by atoms with van der Waals surface area (Å²) in [4.78, 5) is 8.74. The Morgan fingerprint density at radius 3 is 2.16 bits per heavy atom. The number of alkyl halides is 3. The van der Waals surface area contributed by atoms with Gasteiger partial charge in [-0.1, -0.05) is 19.3 Å². The van der Waals surface area contributed by atoms with E-state index in [0.29, 0.717) is 13.1 Å². The first-order chi connectivity index (χ1) is 8.97. The second-order valence-electron chi connectivity index (χ2n) is 4.73. The molecule has 2 rings (SSSR count). The Morgan fingerprint density at radius 1 is 1.00 bits per heavy atom. The zero-order valence-electron chi connectivity index (χ0n) is 10.6. The highest BCUT2D eigenvalue weighted by Crippen LogP contribution is 2.29. The van der Waals surface area contributed by atoms with E-state index in [-0.39, 0.29) is 11.6 Å². The molecule has 0 saturated carbocycles. The Morgan fingerprint density at radius 2 is 1.58 bits per heavy atom. The Kier molecular flexibility index (Phi) is 4.11. The third kappa shape index (κ3) is 3.71. The third-order valence-corrected chi connectivity index (χ3v) is 3.17. The molecule has 0 amide bonds. The van der Waals surface area contributed by atoms with E-state index in [1.165, 1.54) is 12.5 Å². The van der Waals surface area contributed by atoms with Crippen molar-refractivity contribution in [2.45, 2.75) is 38.3 Å². The molecule has 1 aromatic rings. The molecule has 1 saturated heterocycles. The molecule has 2 heterocycles. The van der Waals surface area contributed by atoms with Crippen molar-refractivity contribution in [3.8, 4) is 0 Å².